The van der Waals surface area contributed by atoms with Crippen molar-refractivity contribution < 1.29 is 14.3 Å². The predicted octanol–water partition coefficient (Wildman–Crippen LogP) is 5.07. The van der Waals surface area contributed by atoms with Crippen LogP contribution in [-0.4, -0.2) is 11.8 Å². The molecular weight excluding hydrogens is 312 g/mol. The molecule has 0 atom stereocenters. The number of hydrogen-bond acceptors (Lipinski definition) is 3. The van der Waals surface area contributed by atoms with Crippen molar-refractivity contribution in [2.75, 3.05) is 0 Å². The molecule has 0 spiro atoms. The highest BCUT2D eigenvalue weighted by Gasteiger charge is 2.23. The first-order valence-corrected chi connectivity index (χ1v) is 8.82. The van der Waals surface area contributed by atoms with Gasteiger partial charge < -0.3 is 4.74 Å². The lowest BCUT2D eigenvalue weighted by Gasteiger charge is -2.20. The Morgan fingerprint density at radius 3 is 2.32 bits per heavy atom. The molecule has 0 aromatic heterocycles. The molecule has 1 aliphatic rings. The zero-order valence-electron chi connectivity index (χ0n) is 14.2. The Morgan fingerprint density at radius 1 is 0.880 bits per heavy atom. The largest absolute Gasteiger partial charge is 0.426 e. The number of carbonyl (C=O) groups excluding carboxylic acids is 2. The van der Waals surface area contributed by atoms with Gasteiger partial charge >= 0.3 is 5.97 Å². The normalized spacial score (nSPS) is 15.2. The fourth-order valence-corrected chi connectivity index (χ4v) is 3.11. The first kappa shape index (κ1) is 17.2. The van der Waals surface area contributed by atoms with Crippen LogP contribution in [0.25, 0.3) is 6.08 Å². The number of allylic oxidation sites excluding steroid dienone is 1. The lowest BCUT2D eigenvalue weighted by Crippen LogP contribution is -2.23. The minimum atomic E-state index is -0.157. The van der Waals surface area contributed by atoms with Gasteiger partial charge in [-0.25, -0.2) is 0 Å². The summed E-state index contributed by atoms with van der Waals surface area (Å²) in [6, 6.07) is 16.4. The van der Waals surface area contributed by atoms with Gasteiger partial charge in [-0.15, -0.1) is 0 Å². The van der Waals surface area contributed by atoms with Gasteiger partial charge in [0, 0.05) is 11.1 Å². The van der Waals surface area contributed by atoms with Gasteiger partial charge in [0.2, 0.25) is 0 Å². The quantitative estimate of drug-likeness (QED) is 0.332. The van der Waals surface area contributed by atoms with Crippen molar-refractivity contribution in [1.82, 2.24) is 0 Å². The summed E-state index contributed by atoms with van der Waals surface area (Å²) in [4.78, 5) is 24.6. The zero-order chi connectivity index (χ0) is 17.5. The molecule has 3 rings (SSSR count). The molecule has 0 aliphatic heterocycles. The highest BCUT2D eigenvalue weighted by atomic mass is 16.5. The summed E-state index contributed by atoms with van der Waals surface area (Å²) in [5.74, 6) is 0.274. The van der Waals surface area contributed by atoms with Crippen LogP contribution in [0, 0.1) is 5.92 Å². The average molecular weight is 334 g/mol. The minimum Gasteiger partial charge on any atom is -0.426 e. The van der Waals surface area contributed by atoms with Crippen molar-refractivity contribution in [2.45, 2.75) is 32.1 Å². The molecule has 0 amide bonds. The monoisotopic (exact) mass is 334 g/mol. The lowest BCUT2D eigenvalue weighted by atomic mass is 9.89. The van der Waals surface area contributed by atoms with Crippen LogP contribution in [0.4, 0.5) is 0 Å². The molecule has 1 aliphatic carbocycles. The van der Waals surface area contributed by atoms with E-state index < -0.39 is 0 Å². The molecule has 2 aromatic rings. The summed E-state index contributed by atoms with van der Waals surface area (Å²) in [7, 11) is 0. The molecule has 0 bridgehead atoms. The van der Waals surface area contributed by atoms with E-state index in [4.69, 9.17) is 4.74 Å². The number of rotatable bonds is 5. The van der Waals surface area contributed by atoms with E-state index in [0.717, 1.165) is 31.2 Å². The summed E-state index contributed by atoms with van der Waals surface area (Å²) in [6.45, 7) is 0. The van der Waals surface area contributed by atoms with Crippen LogP contribution in [0.3, 0.4) is 0 Å². The number of ketones is 1. The van der Waals surface area contributed by atoms with Crippen LogP contribution in [0.1, 0.15) is 48.0 Å². The second-order valence-corrected chi connectivity index (χ2v) is 6.36. The Kier molecular flexibility index (Phi) is 5.78. The standard InChI is InChI=1S/C22H22O3/c23-20(17-9-3-1-4-10-17)16-15-18-11-7-8-14-21(18)25-22(24)19-12-5-2-6-13-19/h1,3-4,7-11,14-16,19H,2,5-6,12-13H2/b16-15+. The molecule has 0 unspecified atom stereocenters. The van der Waals surface area contributed by atoms with E-state index >= 15 is 0 Å². The van der Waals surface area contributed by atoms with Crippen LogP contribution in [-0.2, 0) is 4.79 Å². The Balaban J connectivity index is 1.71. The second kappa shape index (κ2) is 8.43. The first-order chi connectivity index (χ1) is 12.2. The fourth-order valence-electron chi connectivity index (χ4n) is 3.11. The van der Waals surface area contributed by atoms with Crippen molar-refractivity contribution >= 4 is 17.8 Å². The summed E-state index contributed by atoms with van der Waals surface area (Å²) in [5, 5.41) is 0. The summed E-state index contributed by atoms with van der Waals surface area (Å²) in [5.41, 5.74) is 1.37. The van der Waals surface area contributed by atoms with Crippen molar-refractivity contribution in [3.63, 3.8) is 0 Å². The Bertz CT molecular complexity index is 756. The Hall–Kier alpha value is -2.68. The maximum atomic E-state index is 12.4. The fraction of sp³-hybridized carbons (Fsp3) is 0.273. The molecular formula is C22H22O3. The van der Waals surface area contributed by atoms with Gasteiger partial charge in [0.15, 0.2) is 5.78 Å². The van der Waals surface area contributed by atoms with Gasteiger partial charge in [0.25, 0.3) is 0 Å². The van der Waals surface area contributed by atoms with E-state index in [1.807, 2.05) is 36.4 Å². The van der Waals surface area contributed by atoms with E-state index in [9.17, 15) is 9.59 Å². The SMILES string of the molecule is O=C(/C=C/c1ccccc1OC(=O)C1CCCCC1)c1ccccc1. The third-order valence-electron chi connectivity index (χ3n) is 4.54. The van der Waals surface area contributed by atoms with Crippen molar-refractivity contribution in [1.29, 1.82) is 0 Å². The zero-order valence-corrected chi connectivity index (χ0v) is 14.2. The maximum Gasteiger partial charge on any atom is 0.314 e. The maximum absolute atomic E-state index is 12.4. The highest BCUT2D eigenvalue weighted by Crippen LogP contribution is 2.27. The number of para-hydroxylation sites is 1. The summed E-state index contributed by atoms with van der Waals surface area (Å²) < 4.78 is 5.62. The minimum absolute atomic E-state index is 0.00302. The van der Waals surface area contributed by atoms with Crippen LogP contribution in [0.5, 0.6) is 5.75 Å². The molecule has 0 radical (unpaired) electrons. The first-order valence-electron chi connectivity index (χ1n) is 8.82. The summed E-state index contributed by atoms with van der Waals surface area (Å²) >= 11 is 0. The molecule has 0 saturated heterocycles. The molecule has 0 N–H and O–H groups in total. The van der Waals surface area contributed by atoms with E-state index in [2.05, 4.69) is 0 Å². The molecule has 3 nitrogen and oxygen atoms in total. The highest BCUT2D eigenvalue weighted by molar-refractivity contribution is 6.06. The molecule has 128 valence electrons. The number of ether oxygens (including phenoxy) is 1. The van der Waals surface area contributed by atoms with Crippen LogP contribution >= 0.6 is 0 Å². The summed E-state index contributed by atoms with van der Waals surface area (Å²) in [6.07, 6.45) is 8.42. The van der Waals surface area contributed by atoms with Gasteiger partial charge in [-0.2, -0.15) is 0 Å². The third kappa shape index (κ3) is 4.66. The van der Waals surface area contributed by atoms with Crippen LogP contribution < -0.4 is 4.74 Å². The van der Waals surface area contributed by atoms with E-state index in [1.165, 1.54) is 12.5 Å². The molecule has 25 heavy (non-hydrogen) atoms. The molecule has 0 heterocycles. The number of benzene rings is 2. The van der Waals surface area contributed by atoms with Gasteiger partial charge in [0.1, 0.15) is 5.75 Å². The van der Waals surface area contributed by atoms with Gasteiger partial charge in [-0.05, 0) is 31.1 Å². The number of carbonyl (C=O) groups is 2. The van der Waals surface area contributed by atoms with Crippen molar-refractivity contribution in [3.8, 4) is 5.75 Å². The lowest BCUT2D eigenvalue weighted by molar-refractivity contribution is -0.140. The third-order valence-corrected chi connectivity index (χ3v) is 4.54. The van der Waals surface area contributed by atoms with Crippen LogP contribution in [0.15, 0.2) is 60.7 Å². The van der Waals surface area contributed by atoms with E-state index in [1.54, 1.807) is 24.3 Å². The van der Waals surface area contributed by atoms with Gasteiger partial charge in [-0.3, -0.25) is 9.59 Å². The van der Waals surface area contributed by atoms with Gasteiger partial charge in [0.05, 0.1) is 5.92 Å². The predicted molar refractivity (Wildman–Crippen MR) is 98.5 cm³/mol. The van der Waals surface area contributed by atoms with Gasteiger partial charge in [-0.1, -0.05) is 67.8 Å². The molecule has 1 fully saturated rings. The molecule has 2 aromatic carbocycles. The van der Waals surface area contributed by atoms with E-state index in [0.29, 0.717) is 11.3 Å². The van der Waals surface area contributed by atoms with Crippen LogP contribution in [0.2, 0.25) is 0 Å². The van der Waals surface area contributed by atoms with Crippen molar-refractivity contribution in [3.05, 3.63) is 71.8 Å². The topological polar surface area (TPSA) is 43.4 Å². The Morgan fingerprint density at radius 2 is 1.56 bits per heavy atom. The van der Waals surface area contributed by atoms with Crippen molar-refractivity contribution in [2.24, 2.45) is 5.92 Å². The van der Waals surface area contributed by atoms with E-state index in [-0.39, 0.29) is 17.7 Å². The number of hydrogen-bond donors (Lipinski definition) is 0. The second-order valence-electron chi connectivity index (χ2n) is 6.36. The Labute approximate surface area is 148 Å². The number of esters is 1. The average Bonchev–Trinajstić information content (AvgIpc) is 2.68. The molecule has 3 heteroatoms. The molecule has 1 saturated carbocycles. The smallest absolute Gasteiger partial charge is 0.314 e.